The fraction of sp³-hybridized carbons (Fsp3) is 0.361. The summed E-state index contributed by atoms with van der Waals surface area (Å²) in [6, 6.07) is 21.2. The molecule has 0 radical (unpaired) electrons. The minimum Gasteiger partial charge on any atom is -0.496 e. The molecule has 234 valence electrons. The van der Waals surface area contributed by atoms with Crippen LogP contribution in [0.15, 0.2) is 66.7 Å². The Hall–Kier alpha value is -4.06. The lowest BCUT2D eigenvalue weighted by Crippen LogP contribution is -2.47. The Bertz CT molecular complexity index is 1730. The van der Waals surface area contributed by atoms with E-state index in [4.69, 9.17) is 27.6 Å². The van der Waals surface area contributed by atoms with Gasteiger partial charge in [-0.25, -0.2) is 9.64 Å². The number of thiophene rings is 1. The molecule has 0 aliphatic heterocycles. The van der Waals surface area contributed by atoms with Gasteiger partial charge in [0.1, 0.15) is 16.2 Å². The first-order valence-corrected chi connectivity index (χ1v) is 16.3. The second-order valence-electron chi connectivity index (χ2n) is 12.4. The van der Waals surface area contributed by atoms with Crippen LogP contribution in [0.1, 0.15) is 61.7 Å². The van der Waals surface area contributed by atoms with Gasteiger partial charge in [0.15, 0.2) is 5.69 Å². The maximum atomic E-state index is 14.4. The summed E-state index contributed by atoms with van der Waals surface area (Å²) < 4.78 is 12.4. The fourth-order valence-corrected chi connectivity index (χ4v) is 7.35. The fourth-order valence-electron chi connectivity index (χ4n) is 5.88. The van der Waals surface area contributed by atoms with E-state index in [9.17, 15) is 9.59 Å². The Labute approximate surface area is 274 Å². The van der Waals surface area contributed by atoms with Gasteiger partial charge in [-0.15, -0.1) is 11.3 Å². The van der Waals surface area contributed by atoms with Crippen molar-refractivity contribution in [2.75, 3.05) is 14.2 Å². The number of carbonyl (C=O) groups is 2. The summed E-state index contributed by atoms with van der Waals surface area (Å²) in [6.45, 7) is 13.2. The molecule has 1 fully saturated rings. The molecule has 9 heteroatoms. The molecule has 1 aliphatic rings. The topological polar surface area (TPSA) is 63.4 Å². The first kappa shape index (κ1) is 32.3. The van der Waals surface area contributed by atoms with Gasteiger partial charge in [-0.2, -0.15) is 0 Å². The summed E-state index contributed by atoms with van der Waals surface area (Å²) in [5.41, 5.74) is 2.84. The van der Waals surface area contributed by atoms with Gasteiger partial charge in [-0.05, 0) is 75.8 Å². The summed E-state index contributed by atoms with van der Waals surface area (Å²) in [6.07, 6.45) is 2.62. The largest absolute Gasteiger partial charge is 0.496 e. The van der Waals surface area contributed by atoms with Crippen LogP contribution in [0.4, 0.5) is 10.5 Å². The van der Waals surface area contributed by atoms with Crippen LogP contribution in [0, 0.1) is 6.57 Å². The van der Waals surface area contributed by atoms with E-state index in [0.717, 1.165) is 52.5 Å². The molecule has 3 aromatic carbocycles. The molecule has 4 aromatic rings. The molecule has 2 amide bonds. The van der Waals surface area contributed by atoms with Crippen LogP contribution in [-0.4, -0.2) is 53.6 Å². The Balaban J connectivity index is 1.46. The van der Waals surface area contributed by atoms with Crippen LogP contribution < -0.4 is 4.74 Å². The molecule has 1 saturated carbocycles. The number of nitrogens with zero attached hydrogens (tertiary/aromatic N) is 3. The number of hydrogen-bond donors (Lipinski definition) is 0. The molecule has 1 heterocycles. The Morgan fingerprint density at radius 1 is 0.978 bits per heavy atom. The van der Waals surface area contributed by atoms with Gasteiger partial charge >= 0.3 is 6.09 Å². The first-order valence-electron chi connectivity index (χ1n) is 15.1. The average molecular weight is 644 g/mol. The van der Waals surface area contributed by atoms with Crippen LogP contribution in [0.3, 0.4) is 0 Å². The highest BCUT2D eigenvalue weighted by Crippen LogP contribution is 2.39. The molecule has 0 spiro atoms. The highest BCUT2D eigenvalue weighted by molar-refractivity contribution is 7.21. The van der Waals surface area contributed by atoms with Gasteiger partial charge in [0, 0.05) is 41.3 Å². The minimum atomic E-state index is -0.568. The third-order valence-electron chi connectivity index (χ3n) is 8.28. The molecule has 0 unspecified atom stereocenters. The third-order valence-corrected chi connectivity index (χ3v) is 9.94. The molecule has 0 atom stereocenters. The lowest BCUT2D eigenvalue weighted by molar-refractivity contribution is 0.0144. The van der Waals surface area contributed by atoms with Crippen molar-refractivity contribution in [2.45, 2.75) is 70.7 Å². The highest BCUT2D eigenvalue weighted by Gasteiger charge is 2.35. The van der Waals surface area contributed by atoms with Gasteiger partial charge in [0.05, 0.1) is 18.7 Å². The molecule has 1 aromatic heterocycles. The van der Waals surface area contributed by atoms with Crippen LogP contribution in [0.2, 0.25) is 5.02 Å². The predicted octanol–water partition coefficient (Wildman–Crippen LogP) is 9.60. The normalized spacial score (nSPS) is 16.6. The van der Waals surface area contributed by atoms with E-state index in [-0.39, 0.29) is 24.1 Å². The van der Waals surface area contributed by atoms with Crippen LogP contribution >= 0.6 is 22.9 Å². The molecule has 0 saturated heterocycles. The number of carbonyl (C=O) groups excluding carboxylic acids is 2. The number of halogens is 1. The minimum absolute atomic E-state index is 0.0252. The molecule has 0 N–H and O–H groups in total. The van der Waals surface area contributed by atoms with E-state index < -0.39 is 5.60 Å². The molecule has 5 rings (SSSR count). The summed E-state index contributed by atoms with van der Waals surface area (Å²) in [5, 5.41) is 1.35. The predicted molar refractivity (Wildman–Crippen MR) is 181 cm³/mol. The first-order chi connectivity index (χ1) is 21.5. The van der Waals surface area contributed by atoms with Crippen molar-refractivity contribution in [3.05, 3.63) is 93.6 Å². The van der Waals surface area contributed by atoms with Crippen molar-refractivity contribution in [1.82, 2.24) is 9.80 Å². The monoisotopic (exact) mass is 643 g/mol. The van der Waals surface area contributed by atoms with Crippen LogP contribution in [-0.2, 0) is 11.3 Å². The van der Waals surface area contributed by atoms with Crippen LogP contribution in [0.5, 0.6) is 5.75 Å². The second kappa shape index (κ2) is 13.5. The number of ether oxygens (including phenoxy) is 2. The Morgan fingerprint density at radius 2 is 1.62 bits per heavy atom. The smallest absolute Gasteiger partial charge is 0.410 e. The molecular formula is C36H38ClN3O4S. The number of amides is 2. The Kier molecular flexibility index (Phi) is 9.71. The van der Waals surface area contributed by atoms with E-state index in [1.807, 2.05) is 74.2 Å². The SMILES string of the molecule is [C-]#[N+]c1ccc(-c2ccc(OC)c(CN(C(=O)c3sc4ccccc4c3Cl)[C@H]3CC[C@H](N(C)C(=O)OC(C)(C)C)CC3)c2)cc1. The van der Waals surface area contributed by atoms with Crippen molar-refractivity contribution in [3.8, 4) is 16.9 Å². The van der Waals surface area contributed by atoms with E-state index in [1.165, 1.54) is 11.3 Å². The summed E-state index contributed by atoms with van der Waals surface area (Å²) in [7, 11) is 3.43. The van der Waals surface area contributed by atoms with E-state index in [0.29, 0.717) is 27.9 Å². The zero-order valence-electron chi connectivity index (χ0n) is 26.3. The van der Waals surface area contributed by atoms with E-state index in [1.54, 1.807) is 31.2 Å². The van der Waals surface area contributed by atoms with Gasteiger partial charge < -0.3 is 19.3 Å². The molecule has 45 heavy (non-hydrogen) atoms. The number of benzene rings is 3. The lowest BCUT2D eigenvalue weighted by Gasteiger charge is -2.40. The number of rotatable bonds is 7. The standard InChI is InChI=1S/C36H38ClN3O4S/c1-36(2,3)44-35(42)39(5)27-16-18-28(19-17-27)40(34(41)33-32(37)29-9-7-8-10-31(29)45-33)22-25-21-24(13-20-30(25)43-6)23-11-14-26(38-4)15-12-23/h7-15,20-21,27-28H,16-19,22H2,1-3,5-6H3/t27-,28-. The van der Waals surface area contributed by atoms with Gasteiger partial charge in [-0.1, -0.05) is 60.1 Å². The second-order valence-corrected chi connectivity index (χ2v) is 13.8. The highest BCUT2D eigenvalue weighted by atomic mass is 35.5. The zero-order valence-corrected chi connectivity index (χ0v) is 27.9. The van der Waals surface area contributed by atoms with Crippen molar-refractivity contribution in [1.29, 1.82) is 0 Å². The van der Waals surface area contributed by atoms with E-state index >= 15 is 0 Å². The number of fused-ring (bicyclic) bond motifs is 1. The zero-order chi connectivity index (χ0) is 32.3. The maximum absolute atomic E-state index is 14.4. The van der Waals surface area contributed by atoms with Crippen molar-refractivity contribution in [2.24, 2.45) is 0 Å². The number of methoxy groups -OCH3 is 1. The van der Waals surface area contributed by atoms with Crippen molar-refractivity contribution < 1.29 is 19.1 Å². The molecular weight excluding hydrogens is 606 g/mol. The van der Waals surface area contributed by atoms with Crippen molar-refractivity contribution in [3.63, 3.8) is 0 Å². The quantitative estimate of drug-likeness (QED) is 0.188. The van der Waals surface area contributed by atoms with Gasteiger partial charge in [-0.3, -0.25) is 4.79 Å². The summed E-state index contributed by atoms with van der Waals surface area (Å²) in [5.74, 6) is 0.578. The average Bonchev–Trinajstić information content (AvgIpc) is 3.38. The lowest BCUT2D eigenvalue weighted by atomic mass is 9.89. The molecule has 7 nitrogen and oxygen atoms in total. The summed E-state index contributed by atoms with van der Waals surface area (Å²) in [4.78, 5) is 34.9. The summed E-state index contributed by atoms with van der Waals surface area (Å²) >= 11 is 8.25. The maximum Gasteiger partial charge on any atom is 0.410 e. The van der Waals surface area contributed by atoms with Crippen LogP contribution in [0.25, 0.3) is 26.1 Å². The molecule has 1 aliphatic carbocycles. The van der Waals surface area contributed by atoms with Gasteiger partial charge in [0.25, 0.3) is 5.91 Å². The number of hydrogen-bond acceptors (Lipinski definition) is 5. The van der Waals surface area contributed by atoms with Gasteiger partial charge in [0.2, 0.25) is 0 Å². The third kappa shape index (κ3) is 7.27. The van der Waals surface area contributed by atoms with E-state index in [2.05, 4.69) is 10.9 Å². The van der Waals surface area contributed by atoms with Crippen molar-refractivity contribution >= 4 is 50.7 Å². The Morgan fingerprint density at radius 3 is 2.24 bits per heavy atom. The molecule has 0 bridgehead atoms.